The monoisotopic (exact) mass is 387 g/mol. The van der Waals surface area contributed by atoms with Gasteiger partial charge < -0.3 is 10.4 Å². The first kappa shape index (κ1) is 19.6. The zero-order chi connectivity index (χ0) is 18.6. The SMILES string of the molecule is Cc1ccc(NC(=O)c2ccc(Cl)c(C(F)(F)CCCO)c2)cc1Cl. The van der Waals surface area contributed by atoms with E-state index < -0.39 is 23.8 Å². The smallest absolute Gasteiger partial charge is 0.274 e. The molecule has 2 rings (SSSR count). The van der Waals surface area contributed by atoms with E-state index in [1.54, 1.807) is 18.2 Å². The zero-order valence-electron chi connectivity index (χ0n) is 13.5. The molecule has 0 radical (unpaired) electrons. The molecule has 0 heterocycles. The number of alkyl halides is 2. The van der Waals surface area contributed by atoms with Crippen LogP contribution in [0.5, 0.6) is 0 Å². The van der Waals surface area contributed by atoms with Crippen LogP contribution in [0.2, 0.25) is 10.0 Å². The van der Waals surface area contributed by atoms with Crippen LogP contribution in [0.1, 0.15) is 34.3 Å². The quantitative estimate of drug-likeness (QED) is 0.695. The van der Waals surface area contributed by atoms with Crippen LogP contribution in [0.15, 0.2) is 36.4 Å². The van der Waals surface area contributed by atoms with Crippen LogP contribution in [0.25, 0.3) is 0 Å². The molecule has 0 aliphatic rings. The molecule has 2 aromatic rings. The van der Waals surface area contributed by atoms with Gasteiger partial charge in [-0.25, -0.2) is 8.78 Å². The number of amides is 1. The summed E-state index contributed by atoms with van der Waals surface area (Å²) in [7, 11) is 0. The van der Waals surface area contributed by atoms with Gasteiger partial charge in [-0.1, -0.05) is 29.3 Å². The lowest BCUT2D eigenvalue weighted by atomic mass is 10.0. The molecule has 0 atom stereocenters. The van der Waals surface area contributed by atoms with E-state index in [2.05, 4.69) is 5.32 Å². The summed E-state index contributed by atoms with van der Waals surface area (Å²) in [6.45, 7) is 1.48. The van der Waals surface area contributed by atoms with Crippen molar-refractivity contribution in [2.75, 3.05) is 11.9 Å². The molecule has 0 fully saturated rings. The number of carbonyl (C=O) groups is 1. The van der Waals surface area contributed by atoms with Gasteiger partial charge in [0.05, 0.1) is 0 Å². The molecule has 134 valence electrons. The standard InChI is InChI=1S/C18H17Cl2F2NO2/c1-11-3-5-13(10-16(11)20)23-17(25)12-4-6-15(19)14(9-12)18(21,22)7-2-8-24/h3-6,9-10,24H,2,7-8H2,1H3,(H,23,25). The fourth-order valence-corrected chi connectivity index (χ4v) is 2.69. The van der Waals surface area contributed by atoms with Crippen LogP contribution in [0, 0.1) is 6.92 Å². The molecule has 0 aromatic heterocycles. The number of nitrogens with one attached hydrogen (secondary N) is 1. The number of halogens is 4. The van der Waals surface area contributed by atoms with Crippen molar-refractivity contribution in [3.05, 3.63) is 63.1 Å². The second kappa shape index (κ2) is 8.13. The number of aryl methyl sites for hydroxylation is 1. The van der Waals surface area contributed by atoms with Crippen molar-refractivity contribution < 1.29 is 18.7 Å². The molecular formula is C18H17Cl2F2NO2. The number of benzene rings is 2. The first-order chi connectivity index (χ1) is 11.7. The maximum absolute atomic E-state index is 14.2. The molecule has 7 heteroatoms. The second-order valence-corrected chi connectivity index (χ2v) is 6.46. The molecule has 0 spiro atoms. The van der Waals surface area contributed by atoms with E-state index in [1.807, 2.05) is 6.92 Å². The highest BCUT2D eigenvalue weighted by atomic mass is 35.5. The van der Waals surface area contributed by atoms with Gasteiger partial charge in [0.15, 0.2) is 0 Å². The molecule has 0 aliphatic carbocycles. The fraction of sp³-hybridized carbons (Fsp3) is 0.278. The molecule has 25 heavy (non-hydrogen) atoms. The number of aliphatic hydroxyl groups is 1. The van der Waals surface area contributed by atoms with Crippen LogP contribution in [-0.4, -0.2) is 17.6 Å². The van der Waals surface area contributed by atoms with Gasteiger partial charge in [0.25, 0.3) is 11.8 Å². The minimum absolute atomic E-state index is 0.0553. The molecule has 3 nitrogen and oxygen atoms in total. The third-order valence-electron chi connectivity index (χ3n) is 3.70. The average molecular weight is 388 g/mol. The highest BCUT2D eigenvalue weighted by molar-refractivity contribution is 6.32. The van der Waals surface area contributed by atoms with Crippen LogP contribution < -0.4 is 5.32 Å². The van der Waals surface area contributed by atoms with Gasteiger partial charge >= 0.3 is 0 Å². The normalized spacial score (nSPS) is 11.4. The molecule has 2 N–H and O–H groups in total. The van der Waals surface area contributed by atoms with Gasteiger partial charge in [-0.05, 0) is 49.2 Å². The van der Waals surface area contributed by atoms with Crippen molar-refractivity contribution in [1.29, 1.82) is 0 Å². The van der Waals surface area contributed by atoms with Crippen molar-refractivity contribution in [3.8, 4) is 0 Å². The average Bonchev–Trinajstić information content (AvgIpc) is 2.56. The van der Waals surface area contributed by atoms with Crippen molar-refractivity contribution >= 4 is 34.8 Å². The molecule has 0 aliphatic heterocycles. The molecule has 2 aromatic carbocycles. The lowest BCUT2D eigenvalue weighted by molar-refractivity contribution is -0.0187. The highest BCUT2D eigenvalue weighted by Crippen LogP contribution is 2.37. The van der Waals surface area contributed by atoms with Crippen molar-refractivity contribution in [2.45, 2.75) is 25.7 Å². The number of rotatable bonds is 6. The number of hydrogen-bond donors (Lipinski definition) is 2. The van der Waals surface area contributed by atoms with Gasteiger partial charge in [0.1, 0.15) is 0 Å². The van der Waals surface area contributed by atoms with Crippen LogP contribution in [-0.2, 0) is 5.92 Å². The molecule has 0 saturated carbocycles. The largest absolute Gasteiger partial charge is 0.396 e. The van der Waals surface area contributed by atoms with E-state index in [-0.39, 0.29) is 23.6 Å². The summed E-state index contributed by atoms with van der Waals surface area (Å²) in [6, 6.07) is 8.71. The Balaban J connectivity index is 2.25. The first-order valence-electron chi connectivity index (χ1n) is 7.61. The Bertz CT molecular complexity index is 782. The molecular weight excluding hydrogens is 371 g/mol. The minimum Gasteiger partial charge on any atom is -0.396 e. The Hall–Kier alpha value is -1.69. The van der Waals surface area contributed by atoms with Crippen molar-refractivity contribution in [3.63, 3.8) is 0 Å². The van der Waals surface area contributed by atoms with Gasteiger partial charge in [-0.3, -0.25) is 4.79 Å². The molecule has 0 unspecified atom stereocenters. The van der Waals surface area contributed by atoms with E-state index in [9.17, 15) is 13.6 Å². The topological polar surface area (TPSA) is 49.3 Å². The summed E-state index contributed by atoms with van der Waals surface area (Å²) in [4.78, 5) is 12.3. The summed E-state index contributed by atoms with van der Waals surface area (Å²) in [5.74, 6) is -3.78. The Labute approximate surface area is 154 Å². The van der Waals surface area contributed by atoms with E-state index in [4.69, 9.17) is 28.3 Å². The van der Waals surface area contributed by atoms with Crippen LogP contribution >= 0.6 is 23.2 Å². The summed E-state index contributed by atoms with van der Waals surface area (Å²) < 4.78 is 28.5. The van der Waals surface area contributed by atoms with Gasteiger partial charge in [-0.15, -0.1) is 0 Å². The Kier molecular flexibility index (Phi) is 6.38. The Morgan fingerprint density at radius 1 is 1.16 bits per heavy atom. The predicted molar refractivity (Wildman–Crippen MR) is 95.8 cm³/mol. The van der Waals surface area contributed by atoms with E-state index in [0.29, 0.717) is 10.7 Å². The number of hydrogen-bond acceptors (Lipinski definition) is 2. The molecule has 0 bridgehead atoms. The number of aliphatic hydroxyl groups excluding tert-OH is 1. The highest BCUT2D eigenvalue weighted by Gasteiger charge is 2.33. The van der Waals surface area contributed by atoms with E-state index in [0.717, 1.165) is 11.6 Å². The predicted octanol–water partition coefficient (Wildman–Crippen LogP) is 5.42. The first-order valence-corrected chi connectivity index (χ1v) is 8.36. The second-order valence-electron chi connectivity index (χ2n) is 5.64. The van der Waals surface area contributed by atoms with Crippen molar-refractivity contribution in [2.24, 2.45) is 0 Å². The number of carbonyl (C=O) groups excluding carboxylic acids is 1. The third-order valence-corrected chi connectivity index (χ3v) is 4.44. The minimum atomic E-state index is -3.23. The third kappa shape index (κ3) is 4.91. The van der Waals surface area contributed by atoms with Crippen molar-refractivity contribution in [1.82, 2.24) is 0 Å². The Morgan fingerprint density at radius 2 is 1.88 bits per heavy atom. The zero-order valence-corrected chi connectivity index (χ0v) is 15.0. The molecule has 1 amide bonds. The maximum atomic E-state index is 14.2. The summed E-state index contributed by atoms with van der Waals surface area (Å²) in [5.41, 5.74) is 0.943. The van der Waals surface area contributed by atoms with Gasteiger partial charge in [0.2, 0.25) is 0 Å². The van der Waals surface area contributed by atoms with E-state index in [1.165, 1.54) is 12.1 Å². The molecule has 0 saturated heterocycles. The van der Waals surface area contributed by atoms with Gasteiger partial charge in [-0.2, -0.15) is 0 Å². The van der Waals surface area contributed by atoms with Crippen LogP contribution in [0.4, 0.5) is 14.5 Å². The fourth-order valence-electron chi connectivity index (χ4n) is 2.26. The summed E-state index contributed by atoms with van der Waals surface area (Å²) >= 11 is 11.9. The lowest BCUT2D eigenvalue weighted by Gasteiger charge is -2.18. The lowest BCUT2D eigenvalue weighted by Crippen LogP contribution is -2.17. The van der Waals surface area contributed by atoms with Crippen LogP contribution in [0.3, 0.4) is 0 Å². The summed E-state index contributed by atoms with van der Waals surface area (Å²) in [6.07, 6.45) is -0.622. The van der Waals surface area contributed by atoms with E-state index >= 15 is 0 Å². The summed E-state index contributed by atoms with van der Waals surface area (Å²) in [5, 5.41) is 11.7. The number of anilines is 1. The van der Waals surface area contributed by atoms with Gasteiger partial charge in [0, 0.05) is 39.9 Å². The maximum Gasteiger partial charge on any atom is 0.274 e. The Morgan fingerprint density at radius 3 is 2.52 bits per heavy atom.